The molecule has 0 aliphatic heterocycles. The predicted octanol–water partition coefficient (Wildman–Crippen LogP) is 1.54. The summed E-state index contributed by atoms with van der Waals surface area (Å²) in [6.45, 7) is 2.88. The Morgan fingerprint density at radius 2 is 2.16 bits per heavy atom. The molecule has 19 heavy (non-hydrogen) atoms. The molecule has 5 heteroatoms. The molecule has 1 atom stereocenters. The maximum atomic E-state index is 5.36. The number of methoxy groups -OCH3 is 1. The van der Waals surface area contributed by atoms with Gasteiger partial charge in [0.25, 0.3) is 0 Å². The highest BCUT2D eigenvalue weighted by Gasteiger charge is 2.08. The number of aryl methyl sites for hydroxylation is 1. The first-order chi connectivity index (χ1) is 9.19. The molecule has 0 aliphatic carbocycles. The Bertz CT molecular complexity index is 524. The molecule has 5 nitrogen and oxygen atoms in total. The van der Waals surface area contributed by atoms with Crippen LogP contribution in [-0.4, -0.2) is 28.1 Å². The number of nitrogens with one attached hydrogen (secondary N) is 1. The Labute approximate surface area is 113 Å². The molecular weight excluding hydrogens is 240 g/mol. The van der Waals surface area contributed by atoms with Crippen molar-refractivity contribution in [2.45, 2.75) is 25.9 Å². The Hall–Kier alpha value is -1.88. The SMILES string of the molecule is COc1ccccc1CC(C)NCc1cn(C)nn1. The number of ether oxygens (including phenoxy) is 1. The number of hydrogen-bond acceptors (Lipinski definition) is 4. The topological polar surface area (TPSA) is 52.0 Å². The molecule has 0 radical (unpaired) electrons. The Morgan fingerprint density at radius 3 is 2.84 bits per heavy atom. The van der Waals surface area contributed by atoms with E-state index in [1.54, 1.807) is 11.8 Å². The first-order valence-corrected chi connectivity index (χ1v) is 6.39. The molecule has 0 bridgehead atoms. The number of hydrogen-bond donors (Lipinski definition) is 1. The molecule has 1 aromatic heterocycles. The van der Waals surface area contributed by atoms with Crippen molar-refractivity contribution >= 4 is 0 Å². The van der Waals surface area contributed by atoms with Crippen molar-refractivity contribution in [1.82, 2.24) is 20.3 Å². The molecule has 102 valence electrons. The molecule has 1 unspecified atom stereocenters. The third kappa shape index (κ3) is 3.79. The molecule has 0 aliphatic rings. The highest BCUT2D eigenvalue weighted by Crippen LogP contribution is 2.18. The van der Waals surface area contributed by atoms with E-state index in [0.717, 1.165) is 24.4 Å². The van der Waals surface area contributed by atoms with E-state index >= 15 is 0 Å². The summed E-state index contributed by atoms with van der Waals surface area (Å²) in [4.78, 5) is 0. The van der Waals surface area contributed by atoms with E-state index in [2.05, 4.69) is 28.6 Å². The minimum atomic E-state index is 0.346. The van der Waals surface area contributed by atoms with Crippen molar-refractivity contribution < 1.29 is 4.74 Å². The van der Waals surface area contributed by atoms with Crippen molar-refractivity contribution in [3.63, 3.8) is 0 Å². The highest BCUT2D eigenvalue weighted by atomic mass is 16.5. The monoisotopic (exact) mass is 260 g/mol. The van der Waals surface area contributed by atoms with Gasteiger partial charge in [-0.3, -0.25) is 4.68 Å². The third-order valence-corrected chi connectivity index (χ3v) is 3.00. The third-order valence-electron chi connectivity index (χ3n) is 3.00. The van der Waals surface area contributed by atoms with Gasteiger partial charge in [-0.2, -0.15) is 0 Å². The van der Waals surface area contributed by atoms with Crippen molar-refractivity contribution in [3.8, 4) is 5.75 Å². The van der Waals surface area contributed by atoms with Gasteiger partial charge in [0.05, 0.1) is 12.8 Å². The fourth-order valence-corrected chi connectivity index (χ4v) is 2.03. The maximum absolute atomic E-state index is 5.36. The first kappa shape index (κ1) is 13.5. The summed E-state index contributed by atoms with van der Waals surface area (Å²) >= 11 is 0. The summed E-state index contributed by atoms with van der Waals surface area (Å²) < 4.78 is 7.07. The zero-order valence-electron chi connectivity index (χ0n) is 11.6. The normalized spacial score (nSPS) is 12.4. The Balaban J connectivity index is 1.88. The van der Waals surface area contributed by atoms with E-state index in [0.29, 0.717) is 6.04 Å². The minimum absolute atomic E-state index is 0.346. The van der Waals surface area contributed by atoms with Gasteiger partial charge in [0.2, 0.25) is 0 Å². The number of para-hydroxylation sites is 1. The van der Waals surface area contributed by atoms with Crippen LogP contribution in [-0.2, 0) is 20.0 Å². The highest BCUT2D eigenvalue weighted by molar-refractivity contribution is 5.33. The van der Waals surface area contributed by atoms with E-state index in [1.807, 2.05) is 31.4 Å². The lowest BCUT2D eigenvalue weighted by Crippen LogP contribution is -2.27. The molecule has 0 fully saturated rings. The fraction of sp³-hybridized carbons (Fsp3) is 0.429. The number of aromatic nitrogens is 3. The second-order valence-electron chi connectivity index (χ2n) is 4.68. The summed E-state index contributed by atoms with van der Waals surface area (Å²) in [7, 11) is 3.57. The number of rotatable bonds is 6. The van der Waals surface area contributed by atoms with Gasteiger partial charge in [0.1, 0.15) is 5.75 Å². The number of nitrogens with zero attached hydrogens (tertiary/aromatic N) is 3. The van der Waals surface area contributed by atoms with Crippen LogP contribution in [0.25, 0.3) is 0 Å². The Kier molecular flexibility index (Phi) is 4.52. The fourth-order valence-electron chi connectivity index (χ4n) is 2.03. The van der Waals surface area contributed by atoms with Crippen LogP contribution in [0, 0.1) is 0 Å². The molecule has 0 saturated heterocycles. The second kappa shape index (κ2) is 6.33. The molecule has 0 spiro atoms. The zero-order valence-corrected chi connectivity index (χ0v) is 11.6. The summed E-state index contributed by atoms with van der Waals surface area (Å²) in [5, 5.41) is 11.4. The van der Waals surface area contributed by atoms with E-state index in [1.165, 1.54) is 5.56 Å². The van der Waals surface area contributed by atoms with Gasteiger partial charge in [0.15, 0.2) is 0 Å². The van der Waals surface area contributed by atoms with E-state index in [4.69, 9.17) is 4.74 Å². The largest absolute Gasteiger partial charge is 0.496 e. The second-order valence-corrected chi connectivity index (χ2v) is 4.68. The lowest BCUT2D eigenvalue weighted by molar-refractivity contribution is 0.406. The van der Waals surface area contributed by atoms with Gasteiger partial charge in [-0.05, 0) is 25.0 Å². The van der Waals surface area contributed by atoms with Crippen molar-refractivity contribution in [2.24, 2.45) is 7.05 Å². The summed E-state index contributed by atoms with van der Waals surface area (Å²) in [6.07, 6.45) is 2.84. The van der Waals surface area contributed by atoms with Crippen LogP contribution >= 0.6 is 0 Å². The van der Waals surface area contributed by atoms with Crippen LogP contribution in [0.2, 0.25) is 0 Å². The lowest BCUT2D eigenvalue weighted by atomic mass is 10.1. The van der Waals surface area contributed by atoms with Gasteiger partial charge >= 0.3 is 0 Å². The van der Waals surface area contributed by atoms with Crippen molar-refractivity contribution in [3.05, 3.63) is 41.7 Å². The molecule has 2 rings (SSSR count). The molecule has 2 aromatic rings. The molecule has 1 N–H and O–H groups in total. The smallest absolute Gasteiger partial charge is 0.122 e. The quantitative estimate of drug-likeness (QED) is 0.856. The summed E-state index contributed by atoms with van der Waals surface area (Å²) in [5.74, 6) is 0.940. The van der Waals surface area contributed by atoms with Gasteiger partial charge < -0.3 is 10.1 Å². The first-order valence-electron chi connectivity index (χ1n) is 6.39. The van der Waals surface area contributed by atoms with Crippen LogP contribution in [0.1, 0.15) is 18.2 Å². The molecule has 0 saturated carbocycles. The standard InChI is InChI=1S/C14H20N4O/c1-11(15-9-13-10-18(2)17-16-13)8-12-6-4-5-7-14(12)19-3/h4-7,10-11,15H,8-9H2,1-3H3. The van der Waals surface area contributed by atoms with E-state index in [9.17, 15) is 0 Å². The van der Waals surface area contributed by atoms with E-state index in [-0.39, 0.29) is 0 Å². The van der Waals surface area contributed by atoms with Crippen LogP contribution in [0.15, 0.2) is 30.5 Å². The number of benzene rings is 1. The molecule has 1 heterocycles. The van der Waals surface area contributed by atoms with Crippen LogP contribution in [0.4, 0.5) is 0 Å². The van der Waals surface area contributed by atoms with E-state index < -0.39 is 0 Å². The predicted molar refractivity (Wildman–Crippen MR) is 74.0 cm³/mol. The molecule has 1 aromatic carbocycles. The zero-order chi connectivity index (χ0) is 13.7. The maximum Gasteiger partial charge on any atom is 0.122 e. The van der Waals surface area contributed by atoms with Crippen molar-refractivity contribution in [2.75, 3.05) is 7.11 Å². The van der Waals surface area contributed by atoms with Crippen molar-refractivity contribution in [1.29, 1.82) is 0 Å². The minimum Gasteiger partial charge on any atom is -0.496 e. The van der Waals surface area contributed by atoms with Gasteiger partial charge in [-0.25, -0.2) is 0 Å². The van der Waals surface area contributed by atoms with Gasteiger partial charge in [-0.1, -0.05) is 23.4 Å². The van der Waals surface area contributed by atoms with Gasteiger partial charge in [0, 0.05) is 25.8 Å². The average Bonchev–Trinajstić information content (AvgIpc) is 2.83. The Morgan fingerprint density at radius 1 is 1.37 bits per heavy atom. The molecular formula is C14H20N4O. The summed E-state index contributed by atoms with van der Waals surface area (Å²) in [6, 6.07) is 8.45. The van der Waals surface area contributed by atoms with Gasteiger partial charge in [-0.15, -0.1) is 5.10 Å². The molecule has 0 amide bonds. The average molecular weight is 260 g/mol. The summed E-state index contributed by atoms with van der Waals surface area (Å²) in [5.41, 5.74) is 2.17. The van der Waals surface area contributed by atoms with Crippen LogP contribution in [0.3, 0.4) is 0 Å². The van der Waals surface area contributed by atoms with Crippen LogP contribution in [0.5, 0.6) is 5.75 Å². The van der Waals surface area contributed by atoms with Crippen LogP contribution < -0.4 is 10.1 Å². The lowest BCUT2D eigenvalue weighted by Gasteiger charge is -2.15.